The van der Waals surface area contributed by atoms with Gasteiger partial charge in [-0.1, -0.05) is 20.8 Å². The third kappa shape index (κ3) is 3.75. The molecule has 0 aromatic rings. The van der Waals surface area contributed by atoms with E-state index < -0.39 is 0 Å². The van der Waals surface area contributed by atoms with Crippen LogP contribution in [0, 0.1) is 11.8 Å². The summed E-state index contributed by atoms with van der Waals surface area (Å²) < 4.78 is 0. The van der Waals surface area contributed by atoms with Gasteiger partial charge in [0.15, 0.2) is 0 Å². The summed E-state index contributed by atoms with van der Waals surface area (Å²) in [5.41, 5.74) is 0. The topological polar surface area (TPSA) is 18.5 Å². The second-order valence-electron chi connectivity index (χ2n) is 7.50. The second-order valence-corrected chi connectivity index (χ2v) is 7.50. The van der Waals surface area contributed by atoms with Gasteiger partial charge in [-0.3, -0.25) is 4.90 Å². The number of nitrogens with one attached hydrogen (secondary N) is 1. The molecular weight excluding hydrogens is 246 g/mol. The van der Waals surface area contributed by atoms with Gasteiger partial charge in [0.1, 0.15) is 0 Å². The van der Waals surface area contributed by atoms with Crippen LogP contribution in [0.2, 0.25) is 0 Å². The lowest BCUT2D eigenvalue weighted by molar-refractivity contribution is 0.0454. The van der Waals surface area contributed by atoms with Gasteiger partial charge in [-0.15, -0.1) is 0 Å². The van der Waals surface area contributed by atoms with E-state index in [-0.39, 0.29) is 0 Å². The molecule has 3 heteroatoms. The average molecular weight is 281 g/mol. The van der Waals surface area contributed by atoms with E-state index in [1.54, 1.807) is 0 Å². The minimum atomic E-state index is 0.696. The molecule has 0 bridgehead atoms. The predicted octanol–water partition coefficient (Wildman–Crippen LogP) is 2.43. The molecule has 0 aromatic carbocycles. The van der Waals surface area contributed by atoms with E-state index >= 15 is 0 Å². The number of likely N-dealkylation sites (N-methyl/N-ethyl adjacent to an activating group) is 2. The van der Waals surface area contributed by atoms with E-state index in [0.29, 0.717) is 6.04 Å². The molecule has 1 heterocycles. The molecule has 1 N–H and O–H groups in total. The number of nitrogens with zero attached hydrogens (tertiary/aromatic N) is 2. The molecule has 0 aromatic heterocycles. The predicted molar refractivity (Wildman–Crippen MR) is 87.1 cm³/mol. The van der Waals surface area contributed by atoms with Gasteiger partial charge in [-0.2, -0.15) is 0 Å². The molecule has 2 fully saturated rings. The molecule has 2 aliphatic rings. The molecule has 118 valence electrons. The normalized spacial score (nSPS) is 39.6. The minimum Gasteiger partial charge on any atom is -0.313 e. The molecule has 1 aliphatic carbocycles. The van der Waals surface area contributed by atoms with Crippen molar-refractivity contribution in [2.24, 2.45) is 11.8 Å². The zero-order valence-corrected chi connectivity index (χ0v) is 14.2. The third-order valence-electron chi connectivity index (χ3n) is 5.27. The highest BCUT2D eigenvalue weighted by atomic mass is 15.3. The lowest BCUT2D eigenvalue weighted by atomic mass is 9.75. The van der Waals surface area contributed by atoms with Gasteiger partial charge in [0.2, 0.25) is 0 Å². The summed E-state index contributed by atoms with van der Waals surface area (Å²) in [4.78, 5) is 5.21. The van der Waals surface area contributed by atoms with Gasteiger partial charge in [0.05, 0.1) is 0 Å². The van der Waals surface area contributed by atoms with Gasteiger partial charge in [0.25, 0.3) is 0 Å². The largest absolute Gasteiger partial charge is 0.313 e. The standard InChI is InChI=1S/C17H35N3/c1-6-18-16-11-13(2)10-14(3)17(16)20-9-7-8-15(20)12-19(4)5/h13-18H,6-12H2,1-5H3. The fourth-order valence-electron chi connectivity index (χ4n) is 4.73. The van der Waals surface area contributed by atoms with Crippen LogP contribution in [0.3, 0.4) is 0 Å². The molecule has 0 spiro atoms. The summed E-state index contributed by atoms with van der Waals surface area (Å²) in [5, 5.41) is 3.79. The first kappa shape index (κ1) is 16.3. The fraction of sp³-hybridized carbons (Fsp3) is 1.00. The summed E-state index contributed by atoms with van der Waals surface area (Å²) in [5.74, 6) is 1.70. The van der Waals surface area contributed by atoms with Crippen molar-refractivity contribution in [1.82, 2.24) is 15.1 Å². The Kier molecular flexibility index (Phi) is 5.88. The van der Waals surface area contributed by atoms with E-state index in [4.69, 9.17) is 0 Å². The van der Waals surface area contributed by atoms with Crippen molar-refractivity contribution < 1.29 is 0 Å². The molecule has 1 saturated carbocycles. The first-order valence-electron chi connectivity index (χ1n) is 8.66. The maximum absolute atomic E-state index is 3.79. The Labute approximate surface area is 126 Å². The van der Waals surface area contributed by atoms with Crippen molar-refractivity contribution in [2.45, 2.75) is 64.6 Å². The van der Waals surface area contributed by atoms with E-state index in [9.17, 15) is 0 Å². The van der Waals surface area contributed by atoms with Gasteiger partial charge in [-0.25, -0.2) is 0 Å². The lowest BCUT2D eigenvalue weighted by Gasteiger charge is -2.47. The molecule has 3 nitrogen and oxygen atoms in total. The summed E-state index contributed by atoms with van der Waals surface area (Å²) in [6, 6.07) is 2.21. The van der Waals surface area contributed by atoms with Crippen molar-refractivity contribution in [2.75, 3.05) is 33.7 Å². The molecule has 5 unspecified atom stereocenters. The molecule has 0 radical (unpaired) electrons. The number of rotatable bonds is 5. The molecular formula is C17H35N3. The quantitative estimate of drug-likeness (QED) is 0.835. The average Bonchev–Trinajstić information content (AvgIpc) is 2.76. The monoisotopic (exact) mass is 281 g/mol. The summed E-state index contributed by atoms with van der Waals surface area (Å²) in [6.45, 7) is 10.8. The van der Waals surface area contributed by atoms with Gasteiger partial charge in [-0.05, 0) is 64.7 Å². The SMILES string of the molecule is CCNC1CC(C)CC(C)C1N1CCCC1CN(C)C. The van der Waals surface area contributed by atoms with Gasteiger partial charge in [0, 0.05) is 24.7 Å². The van der Waals surface area contributed by atoms with E-state index in [0.717, 1.165) is 30.5 Å². The van der Waals surface area contributed by atoms with Crippen LogP contribution in [0.15, 0.2) is 0 Å². The number of likely N-dealkylation sites (tertiary alicyclic amines) is 1. The zero-order valence-electron chi connectivity index (χ0n) is 14.2. The first-order chi connectivity index (χ1) is 9.52. The molecule has 20 heavy (non-hydrogen) atoms. The highest BCUT2D eigenvalue weighted by Crippen LogP contribution is 2.35. The van der Waals surface area contributed by atoms with Crippen LogP contribution in [-0.4, -0.2) is 61.7 Å². The van der Waals surface area contributed by atoms with E-state index in [1.807, 2.05) is 0 Å². The highest BCUT2D eigenvalue weighted by Gasteiger charge is 2.41. The lowest BCUT2D eigenvalue weighted by Crippen LogP contribution is -2.58. The van der Waals surface area contributed by atoms with E-state index in [2.05, 4.69) is 50.0 Å². The Balaban J connectivity index is 2.09. The fourth-order valence-corrected chi connectivity index (χ4v) is 4.73. The van der Waals surface area contributed by atoms with Crippen LogP contribution in [0.1, 0.15) is 46.5 Å². The maximum Gasteiger partial charge on any atom is 0.0278 e. The third-order valence-corrected chi connectivity index (χ3v) is 5.27. The summed E-state index contributed by atoms with van der Waals surface area (Å²) in [7, 11) is 4.43. The first-order valence-corrected chi connectivity index (χ1v) is 8.66. The van der Waals surface area contributed by atoms with Crippen LogP contribution in [-0.2, 0) is 0 Å². The Bertz CT molecular complexity index is 292. The smallest absolute Gasteiger partial charge is 0.0278 e. The van der Waals surface area contributed by atoms with Crippen molar-refractivity contribution >= 4 is 0 Å². The van der Waals surface area contributed by atoms with Crippen LogP contribution in [0.4, 0.5) is 0 Å². The van der Waals surface area contributed by atoms with Crippen LogP contribution in [0.25, 0.3) is 0 Å². The Hall–Kier alpha value is -0.120. The Morgan fingerprint density at radius 2 is 1.95 bits per heavy atom. The van der Waals surface area contributed by atoms with E-state index in [1.165, 1.54) is 38.8 Å². The molecule has 0 amide bonds. The van der Waals surface area contributed by atoms with Crippen molar-refractivity contribution in [3.05, 3.63) is 0 Å². The van der Waals surface area contributed by atoms with Crippen molar-refractivity contribution in [3.63, 3.8) is 0 Å². The molecule has 2 rings (SSSR count). The number of hydrogen-bond acceptors (Lipinski definition) is 3. The molecule has 5 atom stereocenters. The van der Waals surface area contributed by atoms with Crippen molar-refractivity contribution in [3.8, 4) is 0 Å². The summed E-state index contributed by atoms with van der Waals surface area (Å²) >= 11 is 0. The Morgan fingerprint density at radius 1 is 1.20 bits per heavy atom. The van der Waals surface area contributed by atoms with Gasteiger partial charge >= 0.3 is 0 Å². The number of hydrogen-bond donors (Lipinski definition) is 1. The van der Waals surface area contributed by atoms with Crippen LogP contribution < -0.4 is 5.32 Å². The van der Waals surface area contributed by atoms with Crippen LogP contribution >= 0.6 is 0 Å². The highest BCUT2D eigenvalue weighted by molar-refractivity contribution is 4.98. The molecule has 1 aliphatic heterocycles. The minimum absolute atomic E-state index is 0.696. The van der Waals surface area contributed by atoms with Crippen LogP contribution in [0.5, 0.6) is 0 Å². The molecule has 1 saturated heterocycles. The summed E-state index contributed by atoms with van der Waals surface area (Å²) in [6.07, 6.45) is 5.53. The van der Waals surface area contributed by atoms with Gasteiger partial charge < -0.3 is 10.2 Å². The second kappa shape index (κ2) is 7.24. The van der Waals surface area contributed by atoms with Crippen molar-refractivity contribution in [1.29, 1.82) is 0 Å². The zero-order chi connectivity index (χ0) is 14.7. The Morgan fingerprint density at radius 3 is 2.60 bits per heavy atom. The maximum atomic E-state index is 3.79.